The van der Waals surface area contributed by atoms with Crippen LogP contribution in [-0.2, 0) is 6.54 Å². The van der Waals surface area contributed by atoms with Crippen LogP contribution in [0.1, 0.15) is 15.9 Å². The van der Waals surface area contributed by atoms with Crippen molar-refractivity contribution >= 4 is 28.8 Å². The number of carbonyl (C=O) groups excluding carboxylic acids is 1. The zero-order valence-electron chi connectivity index (χ0n) is 7.66. The second kappa shape index (κ2) is 4.27. The summed E-state index contributed by atoms with van der Waals surface area (Å²) in [5.74, 6) is 0.159. The molecule has 0 fully saturated rings. The SMILES string of the molecule is O=C1c2ccccc2CN1CCNI. The average Bonchev–Trinajstić information content (AvgIpc) is 2.54. The number of rotatable bonds is 3. The highest BCUT2D eigenvalue weighted by Gasteiger charge is 2.25. The van der Waals surface area contributed by atoms with E-state index in [1.54, 1.807) is 0 Å². The monoisotopic (exact) mass is 302 g/mol. The molecular weight excluding hydrogens is 291 g/mol. The van der Waals surface area contributed by atoms with Crippen molar-refractivity contribution in [2.45, 2.75) is 6.54 Å². The van der Waals surface area contributed by atoms with E-state index in [-0.39, 0.29) is 5.91 Å². The van der Waals surface area contributed by atoms with E-state index in [2.05, 4.69) is 26.4 Å². The zero-order chi connectivity index (χ0) is 9.97. The number of amides is 1. The van der Waals surface area contributed by atoms with Gasteiger partial charge >= 0.3 is 0 Å². The molecule has 1 aliphatic heterocycles. The second-order valence-corrected chi connectivity index (χ2v) is 4.03. The Morgan fingerprint density at radius 3 is 2.93 bits per heavy atom. The summed E-state index contributed by atoms with van der Waals surface area (Å²) in [4.78, 5) is 13.7. The van der Waals surface area contributed by atoms with Crippen molar-refractivity contribution in [1.82, 2.24) is 8.43 Å². The maximum atomic E-state index is 11.8. The number of hydrogen-bond donors (Lipinski definition) is 1. The Bertz CT molecular complexity index is 354. The first-order chi connectivity index (χ1) is 6.83. The fourth-order valence-electron chi connectivity index (χ4n) is 1.67. The molecule has 0 unspecified atom stereocenters. The van der Waals surface area contributed by atoms with Gasteiger partial charge in [-0.05, 0) is 11.6 Å². The van der Waals surface area contributed by atoms with Crippen molar-refractivity contribution in [3.63, 3.8) is 0 Å². The van der Waals surface area contributed by atoms with Crippen molar-refractivity contribution in [2.24, 2.45) is 0 Å². The van der Waals surface area contributed by atoms with Gasteiger partial charge < -0.3 is 4.90 Å². The Morgan fingerprint density at radius 2 is 2.21 bits per heavy atom. The van der Waals surface area contributed by atoms with Gasteiger partial charge in [-0.15, -0.1) is 0 Å². The molecule has 1 aromatic rings. The van der Waals surface area contributed by atoms with E-state index >= 15 is 0 Å². The van der Waals surface area contributed by atoms with Crippen molar-refractivity contribution in [1.29, 1.82) is 0 Å². The Hall–Kier alpha value is -0.620. The van der Waals surface area contributed by atoms with Crippen LogP contribution >= 0.6 is 22.9 Å². The van der Waals surface area contributed by atoms with Gasteiger partial charge in [-0.3, -0.25) is 8.32 Å². The van der Waals surface area contributed by atoms with E-state index in [1.807, 2.05) is 29.2 Å². The third kappa shape index (κ3) is 1.76. The van der Waals surface area contributed by atoms with Crippen molar-refractivity contribution in [3.05, 3.63) is 35.4 Å². The predicted octanol–water partition coefficient (Wildman–Crippen LogP) is 1.58. The van der Waals surface area contributed by atoms with Gasteiger partial charge in [-0.1, -0.05) is 18.2 Å². The molecule has 14 heavy (non-hydrogen) atoms. The van der Waals surface area contributed by atoms with Gasteiger partial charge in [-0.2, -0.15) is 0 Å². The molecule has 1 aromatic carbocycles. The van der Waals surface area contributed by atoms with Gasteiger partial charge in [0, 0.05) is 48.1 Å². The smallest absolute Gasteiger partial charge is 0.254 e. The highest BCUT2D eigenvalue weighted by atomic mass is 127. The van der Waals surface area contributed by atoms with Crippen molar-refractivity contribution in [3.8, 4) is 0 Å². The van der Waals surface area contributed by atoms with E-state index in [0.717, 1.165) is 30.8 Å². The van der Waals surface area contributed by atoms with E-state index in [4.69, 9.17) is 0 Å². The van der Waals surface area contributed by atoms with Crippen LogP contribution in [-0.4, -0.2) is 23.9 Å². The second-order valence-electron chi connectivity index (χ2n) is 3.27. The summed E-state index contributed by atoms with van der Waals surface area (Å²) in [6.07, 6.45) is 0. The largest absolute Gasteiger partial charge is 0.333 e. The number of hydrogen-bond acceptors (Lipinski definition) is 2. The molecule has 0 bridgehead atoms. The van der Waals surface area contributed by atoms with Crippen LogP contribution in [0.5, 0.6) is 0 Å². The van der Waals surface area contributed by atoms with E-state index in [0.29, 0.717) is 0 Å². The lowest BCUT2D eigenvalue weighted by molar-refractivity contribution is 0.0782. The molecule has 0 saturated carbocycles. The van der Waals surface area contributed by atoms with Gasteiger partial charge in [0.15, 0.2) is 0 Å². The third-order valence-electron chi connectivity index (χ3n) is 2.37. The first-order valence-corrected chi connectivity index (χ1v) is 5.61. The normalized spacial score (nSPS) is 14.6. The number of nitrogens with one attached hydrogen (secondary N) is 1. The van der Waals surface area contributed by atoms with Gasteiger partial charge in [0.25, 0.3) is 5.91 Å². The molecular formula is C10H11IN2O. The lowest BCUT2D eigenvalue weighted by atomic mass is 10.1. The summed E-state index contributed by atoms with van der Waals surface area (Å²) in [6.45, 7) is 2.37. The molecule has 74 valence electrons. The molecule has 4 heteroatoms. The summed E-state index contributed by atoms with van der Waals surface area (Å²) in [6, 6.07) is 7.81. The molecule has 0 atom stereocenters. The Kier molecular flexibility index (Phi) is 3.02. The maximum absolute atomic E-state index is 11.8. The van der Waals surface area contributed by atoms with Crippen LogP contribution in [0.3, 0.4) is 0 Å². The lowest BCUT2D eigenvalue weighted by Gasteiger charge is -2.14. The minimum atomic E-state index is 0.159. The fourth-order valence-corrected chi connectivity index (χ4v) is 1.91. The first kappa shape index (κ1) is 9.92. The van der Waals surface area contributed by atoms with Gasteiger partial charge in [0.05, 0.1) is 0 Å². The minimum Gasteiger partial charge on any atom is -0.333 e. The summed E-state index contributed by atoms with van der Waals surface area (Å²) in [7, 11) is 0. The Labute approximate surface area is 97.0 Å². The van der Waals surface area contributed by atoms with Gasteiger partial charge in [-0.25, -0.2) is 0 Å². The van der Waals surface area contributed by atoms with E-state index < -0.39 is 0 Å². The highest BCUT2D eigenvalue weighted by molar-refractivity contribution is 14.1. The number of carbonyl (C=O) groups is 1. The van der Waals surface area contributed by atoms with Crippen LogP contribution < -0.4 is 3.53 Å². The van der Waals surface area contributed by atoms with Gasteiger partial charge in [0.2, 0.25) is 0 Å². The van der Waals surface area contributed by atoms with Crippen LogP contribution in [0.2, 0.25) is 0 Å². The first-order valence-electron chi connectivity index (χ1n) is 4.53. The summed E-state index contributed by atoms with van der Waals surface area (Å²) < 4.78 is 3.02. The minimum absolute atomic E-state index is 0.159. The molecule has 1 heterocycles. The molecule has 3 nitrogen and oxygen atoms in total. The zero-order valence-corrected chi connectivity index (χ0v) is 9.82. The lowest BCUT2D eigenvalue weighted by Crippen LogP contribution is -2.29. The van der Waals surface area contributed by atoms with E-state index in [1.165, 1.54) is 0 Å². The van der Waals surface area contributed by atoms with Crippen LogP contribution in [0.25, 0.3) is 0 Å². The molecule has 1 aliphatic rings. The molecule has 0 saturated heterocycles. The van der Waals surface area contributed by atoms with Crippen LogP contribution in [0.15, 0.2) is 24.3 Å². The van der Waals surface area contributed by atoms with Crippen LogP contribution in [0.4, 0.5) is 0 Å². The average molecular weight is 302 g/mol. The molecule has 0 radical (unpaired) electrons. The number of halogens is 1. The predicted molar refractivity (Wildman–Crippen MR) is 63.2 cm³/mol. The molecule has 0 spiro atoms. The van der Waals surface area contributed by atoms with Crippen molar-refractivity contribution < 1.29 is 4.79 Å². The molecule has 1 amide bonds. The fraction of sp³-hybridized carbons (Fsp3) is 0.300. The van der Waals surface area contributed by atoms with Crippen molar-refractivity contribution in [2.75, 3.05) is 13.1 Å². The number of fused-ring (bicyclic) bond motifs is 1. The Morgan fingerprint density at radius 1 is 1.43 bits per heavy atom. The summed E-state index contributed by atoms with van der Waals surface area (Å²) in [5, 5.41) is 0. The van der Waals surface area contributed by atoms with Crippen LogP contribution in [0, 0.1) is 0 Å². The highest BCUT2D eigenvalue weighted by Crippen LogP contribution is 2.21. The standard InChI is InChI=1S/C10H11IN2O/c11-12-5-6-13-7-8-3-1-2-4-9(8)10(13)14/h1-4,12H,5-7H2. The summed E-state index contributed by atoms with van der Waals surface area (Å²) >= 11 is 2.09. The quantitative estimate of drug-likeness (QED) is 0.679. The molecule has 1 N–H and O–H groups in total. The van der Waals surface area contributed by atoms with Gasteiger partial charge in [0.1, 0.15) is 0 Å². The molecule has 0 aliphatic carbocycles. The molecule has 0 aromatic heterocycles. The molecule has 2 rings (SSSR count). The number of benzene rings is 1. The number of nitrogens with zero attached hydrogens (tertiary/aromatic N) is 1. The summed E-state index contributed by atoms with van der Waals surface area (Å²) in [5.41, 5.74) is 2.01. The third-order valence-corrected chi connectivity index (χ3v) is 2.91. The Balaban J connectivity index is 2.13. The maximum Gasteiger partial charge on any atom is 0.254 e. The topological polar surface area (TPSA) is 32.3 Å². The van der Waals surface area contributed by atoms with E-state index in [9.17, 15) is 4.79 Å².